The molecule has 0 saturated heterocycles. The Morgan fingerprint density at radius 1 is 1.38 bits per heavy atom. The van der Waals surface area contributed by atoms with E-state index in [0.29, 0.717) is 16.5 Å². The minimum Gasteiger partial charge on any atom is -0.311 e. The Hall–Kier alpha value is -1.45. The first kappa shape index (κ1) is 14.5. The van der Waals surface area contributed by atoms with Gasteiger partial charge in [0.15, 0.2) is 5.13 Å². The smallest absolute Gasteiger partial charge is 0.267 e. The van der Waals surface area contributed by atoms with E-state index in [-0.39, 0.29) is 4.90 Å². The first-order chi connectivity index (χ1) is 9.88. The van der Waals surface area contributed by atoms with Gasteiger partial charge < -0.3 is 5.32 Å². The number of nitrogens with one attached hydrogen (secondary N) is 2. The number of hydrogen-bond donors (Lipinski definition) is 2. The molecule has 0 bridgehead atoms. The summed E-state index contributed by atoms with van der Waals surface area (Å²) in [6.45, 7) is 5.06. The fraction of sp³-hybridized carbons (Fsp3) is 0.500. The van der Waals surface area contributed by atoms with E-state index in [1.54, 1.807) is 25.6 Å². The first-order valence-corrected chi connectivity index (χ1v) is 8.91. The Bertz CT molecular complexity index is 767. The predicted molar refractivity (Wildman–Crippen MR) is 81.0 cm³/mol. The van der Waals surface area contributed by atoms with Crippen molar-refractivity contribution in [2.75, 3.05) is 11.3 Å². The zero-order valence-corrected chi connectivity index (χ0v) is 13.7. The Kier molecular flexibility index (Phi) is 3.50. The SMILES string of the molecule is Cc1nn(C)c(C)c1S(=O)(=O)Nc1nc2c(s1)CNCC2. The Balaban J connectivity index is 1.94. The van der Waals surface area contributed by atoms with Crippen molar-refractivity contribution in [3.05, 3.63) is 22.0 Å². The highest BCUT2D eigenvalue weighted by Gasteiger charge is 2.26. The summed E-state index contributed by atoms with van der Waals surface area (Å²) in [5, 5.41) is 7.83. The van der Waals surface area contributed by atoms with Gasteiger partial charge in [-0.2, -0.15) is 5.10 Å². The van der Waals surface area contributed by atoms with Crippen molar-refractivity contribution in [2.24, 2.45) is 7.05 Å². The summed E-state index contributed by atoms with van der Waals surface area (Å²) in [5.74, 6) is 0. The molecule has 0 amide bonds. The van der Waals surface area contributed by atoms with Crippen LogP contribution in [0.15, 0.2) is 4.90 Å². The molecule has 0 aromatic carbocycles. The van der Waals surface area contributed by atoms with Gasteiger partial charge in [-0.05, 0) is 13.8 Å². The molecule has 0 fully saturated rings. The molecule has 0 spiro atoms. The second-order valence-corrected chi connectivity index (χ2v) is 7.75. The molecule has 1 aliphatic heterocycles. The third-order valence-electron chi connectivity index (χ3n) is 3.54. The van der Waals surface area contributed by atoms with Crippen LogP contribution in [-0.4, -0.2) is 29.7 Å². The lowest BCUT2D eigenvalue weighted by Gasteiger charge is -2.09. The van der Waals surface area contributed by atoms with Gasteiger partial charge in [-0.3, -0.25) is 9.40 Å². The quantitative estimate of drug-likeness (QED) is 0.876. The number of fused-ring (bicyclic) bond motifs is 1. The van der Waals surface area contributed by atoms with Crippen molar-refractivity contribution in [1.29, 1.82) is 0 Å². The van der Waals surface area contributed by atoms with Crippen molar-refractivity contribution < 1.29 is 8.42 Å². The second kappa shape index (κ2) is 5.08. The summed E-state index contributed by atoms with van der Waals surface area (Å²) in [4.78, 5) is 5.72. The molecule has 1 aliphatic rings. The van der Waals surface area contributed by atoms with Crippen LogP contribution in [0.4, 0.5) is 5.13 Å². The summed E-state index contributed by atoms with van der Waals surface area (Å²) >= 11 is 1.38. The van der Waals surface area contributed by atoms with E-state index >= 15 is 0 Å². The topological polar surface area (TPSA) is 88.9 Å². The first-order valence-electron chi connectivity index (χ1n) is 6.61. The predicted octanol–water partition coefficient (Wildman–Crippen LogP) is 0.940. The largest absolute Gasteiger partial charge is 0.311 e. The van der Waals surface area contributed by atoms with Gasteiger partial charge in [0.2, 0.25) is 0 Å². The molecule has 2 aromatic heterocycles. The van der Waals surface area contributed by atoms with E-state index in [1.165, 1.54) is 11.3 Å². The van der Waals surface area contributed by atoms with Crippen LogP contribution in [0.25, 0.3) is 0 Å². The van der Waals surface area contributed by atoms with Gasteiger partial charge in [-0.1, -0.05) is 11.3 Å². The number of rotatable bonds is 3. The van der Waals surface area contributed by atoms with Crippen molar-refractivity contribution in [1.82, 2.24) is 20.1 Å². The summed E-state index contributed by atoms with van der Waals surface area (Å²) in [5.41, 5.74) is 2.09. The summed E-state index contributed by atoms with van der Waals surface area (Å²) < 4.78 is 29.3. The number of anilines is 1. The van der Waals surface area contributed by atoms with Crippen molar-refractivity contribution in [3.63, 3.8) is 0 Å². The lowest BCUT2D eigenvalue weighted by molar-refractivity contribution is 0.599. The molecular formula is C12H17N5O2S2. The molecule has 7 nitrogen and oxygen atoms in total. The zero-order chi connectivity index (χ0) is 15.2. The van der Waals surface area contributed by atoms with Crippen LogP contribution in [0.2, 0.25) is 0 Å². The molecule has 3 heterocycles. The molecule has 2 N–H and O–H groups in total. The highest BCUT2D eigenvalue weighted by molar-refractivity contribution is 7.93. The summed E-state index contributed by atoms with van der Waals surface area (Å²) in [6, 6.07) is 0. The normalized spacial score (nSPS) is 15.0. The number of aryl methyl sites for hydroxylation is 2. The minimum atomic E-state index is -3.66. The maximum atomic E-state index is 12.6. The van der Waals surface area contributed by atoms with E-state index in [2.05, 4.69) is 20.1 Å². The summed E-state index contributed by atoms with van der Waals surface area (Å²) in [7, 11) is -1.93. The maximum absolute atomic E-state index is 12.6. The number of aromatic nitrogens is 3. The van der Waals surface area contributed by atoms with E-state index in [4.69, 9.17) is 0 Å². The van der Waals surface area contributed by atoms with Crippen LogP contribution < -0.4 is 10.0 Å². The van der Waals surface area contributed by atoms with Crippen molar-refractivity contribution in [2.45, 2.75) is 31.7 Å². The molecule has 3 rings (SSSR count). The average molecular weight is 327 g/mol. The third kappa shape index (κ3) is 2.56. The highest BCUT2D eigenvalue weighted by atomic mass is 32.2. The molecular weight excluding hydrogens is 310 g/mol. The van der Waals surface area contributed by atoms with Crippen molar-refractivity contribution >= 4 is 26.5 Å². The fourth-order valence-corrected chi connectivity index (χ4v) is 5.13. The molecule has 0 radical (unpaired) electrons. The molecule has 114 valence electrons. The molecule has 0 unspecified atom stereocenters. The van der Waals surface area contributed by atoms with Gasteiger partial charge in [-0.25, -0.2) is 13.4 Å². The lowest BCUT2D eigenvalue weighted by atomic mass is 10.2. The van der Waals surface area contributed by atoms with E-state index < -0.39 is 10.0 Å². The lowest BCUT2D eigenvalue weighted by Crippen LogP contribution is -2.22. The number of sulfonamides is 1. The van der Waals surface area contributed by atoms with Gasteiger partial charge in [0, 0.05) is 31.4 Å². The number of nitrogens with zero attached hydrogens (tertiary/aromatic N) is 3. The van der Waals surface area contributed by atoms with E-state index in [0.717, 1.165) is 30.1 Å². The zero-order valence-electron chi connectivity index (χ0n) is 12.1. The van der Waals surface area contributed by atoms with Gasteiger partial charge >= 0.3 is 0 Å². The molecule has 9 heteroatoms. The Morgan fingerprint density at radius 3 is 2.76 bits per heavy atom. The van der Waals surface area contributed by atoms with Crippen LogP contribution in [0.5, 0.6) is 0 Å². The molecule has 0 aliphatic carbocycles. The van der Waals surface area contributed by atoms with Gasteiger partial charge in [-0.15, -0.1) is 0 Å². The van der Waals surface area contributed by atoms with Crippen LogP contribution in [0.3, 0.4) is 0 Å². The molecule has 0 atom stereocenters. The van der Waals surface area contributed by atoms with Gasteiger partial charge in [0.1, 0.15) is 4.90 Å². The molecule has 0 saturated carbocycles. The van der Waals surface area contributed by atoms with Gasteiger partial charge in [0.05, 0.1) is 17.1 Å². The van der Waals surface area contributed by atoms with E-state index in [1.807, 2.05) is 0 Å². The van der Waals surface area contributed by atoms with Gasteiger partial charge in [0.25, 0.3) is 10.0 Å². The van der Waals surface area contributed by atoms with E-state index in [9.17, 15) is 8.42 Å². The standard InChI is InChI=1S/C12H17N5O2S2/c1-7-11(8(2)17(3)15-7)21(18,19)16-12-14-9-4-5-13-6-10(9)20-12/h13H,4-6H2,1-3H3,(H,14,16). The average Bonchev–Trinajstić information content (AvgIpc) is 2.89. The van der Waals surface area contributed by atoms with Crippen LogP contribution in [-0.2, 0) is 30.0 Å². The monoisotopic (exact) mass is 327 g/mol. The molecule has 2 aromatic rings. The van der Waals surface area contributed by atoms with Crippen LogP contribution in [0, 0.1) is 13.8 Å². The second-order valence-electron chi connectivity index (χ2n) is 5.04. The Labute approximate surface area is 127 Å². The fourth-order valence-electron chi connectivity index (χ4n) is 2.48. The minimum absolute atomic E-state index is 0.233. The number of thiazole rings is 1. The van der Waals surface area contributed by atoms with Crippen LogP contribution >= 0.6 is 11.3 Å². The molecule has 21 heavy (non-hydrogen) atoms. The third-order valence-corrected chi connectivity index (χ3v) is 6.27. The van der Waals surface area contributed by atoms with Crippen molar-refractivity contribution in [3.8, 4) is 0 Å². The van der Waals surface area contributed by atoms with Crippen LogP contribution in [0.1, 0.15) is 22.0 Å². The number of hydrogen-bond acceptors (Lipinski definition) is 6. The summed E-state index contributed by atoms with van der Waals surface area (Å²) in [6.07, 6.45) is 0.832. The Morgan fingerprint density at radius 2 is 2.14 bits per heavy atom. The maximum Gasteiger partial charge on any atom is 0.267 e. The highest BCUT2D eigenvalue weighted by Crippen LogP contribution is 2.28.